The highest BCUT2D eigenvalue weighted by atomic mass is 16.5. The van der Waals surface area contributed by atoms with Crippen molar-refractivity contribution in [3.05, 3.63) is 53.9 Å². The molecule has 1 atom stereocenters. The molecule has 0 aliphatic heterocycles. The number of aromatic nitrogens is 2. The van der Waals surface area contributed by atoms with Crippen LogP contribution in [0.15, 0.2) is 36.5 Å². The summed E-state index contributed by atoms with van der Waals surface area (Å²) in [5.74, 6) is -0.314. The van der Waals surface area contributed by atoms with Crippen molar-refractivity contribution in [2.24, 2.45) is 0 Å². The number of esters is 1. The Labute approximate surface area is 113 Å². The van der Waals surface area contributed by atoms with Gasteiger partial charge in [0.25, 0.3) is 0 Å². The maximum absolute atomic E-state index is 11.4. The molecule has 0 saturated carbocycles. The molecular weight excluding hydrogens is 240 g/mol. The Balaban J connectivity index is 2.25. The summed E-state index contributed by atoms with van der Waals surface area (Å²) in [6.45, 7) is 2.14. The molecule has 2 aromatic rings. The van der Waals surface area contributed by atoms with Gasteiger partial charge in [0, 0.05) is 6.20 Å². The molecule has 0 fully saturated rings. The predicted octanol–water partition coefficient (Wildman–Crippen LogP) is 2.86. The third kappa shape index (κ3) is 3.02. The van der Waals surface area contributed by atoms with E-state index in [1.54, 1.807) is 18.2 Å². The normalized spacial score (nSPS) is 12.1. The molecule has 0 N–H and O–H groups in total. The van der Waals surface area contributed by atoms with E-state index in [0.717, 1.165) is 18.4 Å². The first-order chi connectivity index (χ1) is 9.26. The SMILES string of the molecule is CCCC(c1ccc(C(=O)OC)cc1)n1cc[c]n1. The Morgan fingerprint density at radius 3 is 2.68 bits per heavy atom. The number of carbonyl (C=O) groups is 1. The van der Waals surface area contributed by atoms with Crippen LogP contribution in [0, 0.1) is 6.20 Å². The second kappa shape index (κ2) is 6.18. The van der Waals surface area contributed by atoms with Gasteiger partial charge in [0.05, 0.1) is 18.7 Å². The third-order valence-corrected chi connectivity index (χ3v) is 3.07. The van der Waals surface area contributed by atoms with Crippen LogP contribution in [-0.2, 0) is 4.74 Å². The molecule has 0 spiro atoms. The quantitative estimate of drug-likeness (QED) is 0.774. The fourth-order valence-electron chi connectivity index (χ4n) is 2.10. The van der Waals surface area contributed by atoms with E-state index in [9.17, 15) is 4.79 Å². The van der Waals surface area contributed by atoms with E-state index in [4.69, 9.17) is 4.74 Å². The molecule has 99 valence electrons. The van der Waals surface area contributed by atoms with Crippen LogP contribution in [0.1, 0.15) is 41.7 Å². The zero-order valence-electron chi connectivity index (χ0n) is 11.2. The maximum atomic E-state index is 11.4. The summed E-state index contributed by atoms with van der Waals surface area (Å²) in [5, 5.41) is 4.19. The van der Waals surface area contributed by atoms with E-state index in [1.165, 1.54) is 7.11 Å². The van der Waals surface area contributed by atoms with Crippen molar-refractivity contribution in [2.75, 3.05) is 7.11 Å². The summed E-state index contributed by atoms with van der Waals surface area (Å²) in [5.41, 5.74) is 1.69. The first-order valence-electron chi connectivity index (χ1n) is 6.35. The molecule has 1 unspecified atom stereocenters. The number of carbonyl (C=O) groups excluding carboxylic acids is 1. The highest BCUT2D eigenvalue weighted by molar-refractivity contribution is 5.89. The number of hydrogen-bond acceptors (Lipinski definition) is 3. The zero-order chi connectivity index (χ0) is 13.7. The number of methoxy groups -OCH3 is 1. The average Bonchev–Trinajstić information content (AvgIpc) is 2.98. The van der Waals surface area contributed by atoms with Gasteiger partial charge in [-0.25, -0.2) is 4.79 Å². The third-order valence-electron chi connectivity index (χ3n) is 3.07. The highest BCUT2D eigenvalue weighted by Crippen LogP contribution is 2.23. The second-order valence-corrected chi connectivity index (χ2v) is 4.34. The molecular formula is C15H17N2O2. The molecule has 1 heterocycles. The largest absolute Gasteiger partial charge is 0.465 e. The van der Waals surface area contributed by atoms with Gasteiger partial charge in [-0.1, -0.05) is 25.5 Å². The van der Waals surface area contributed by atoms with Gasteiger partial charge in [-0.3, -0.25) is 4.68 Å². The summed E-state index contributed by atoms with van der Waals surface area (Å²) in [4.78, 5) is 11.4. The van der Waals surface area contributed by atoms with Crippen LogP contribution in [-0.4, -0.2) is 22.9 Å². The minimum Gasteiger partial charge on any atom is -0.465 e. The summed E-state index contributed by atoms with van der Waals surface area (Å²) in [6.07, 6.45) is 6.78. The van der Waals surface area contributed by atoms with Crippen LogP contribution < -0.4 is 0 Å². The number of benzene rings is 1. The fourth-order valence-corrected chi connectivity index (χ4v) is 2.10. The van der Waals surface area contributed by atoms with Crippen LogP contribution in [0.25, 0.3) is 0 Å². The molecule has 4 nitrogen and oxygen atoms in total. The lowest BCUT2D eigenvalue weighted by molar-refractivity contribution is 0.0600. The first kappa shape index (κ1) is 13.3. The molecule has 0 aliphatic carbocycles. The fraction of sp³-hybridized carbons (Fsp3) is 0.333. The Morgan fingerprint density at radius 1 is 1.42 bits per heavy atom. The van der Waals surface area contributed by atoms with Gasteiger partial charge in [0.1, 0.15) is 6.20 Å². The van der Waals surface area contributed by atoms with E-state index in [1.807, 2.05) is 23.0 Å². The summed E-state index contributed by atoms with van der Waals surface area (Å²) >= 11 is 0. The van der Waals surface area contributed by atoms with E-state index in [0.29, 0.717) is 5.56 Å². The standard InChI is InChI=1S/C15H17N2O2/c1-3-5-14(17-11-4-10-16-17)12-6-8-13(9-7-12)15(18)19-2/h4,6-9,11,14H,3,5H2,1-2H3. The molecule has 0 amide bonds. The Bertz CT molecular complexity index is 518. The smallest absolute Gasteiger partial charge is 0.337 e. The number of hydrogen-bond donors (Lipinski definition) is 0. The molecule has 2 rings (SSSR count). The van der Waals surface area contributed by atoms with Crippen LogP contribution in [0.2, 0.25) is 0 Å². The van der Waals surface area contributed by atoms with Crippen LogP contribution >= 0.6 is 0 Å². The van der Waals surface area contributed by atoms with Crippen LogP contribution in [0.3, 0.4) is 0 Å². The molecule has 19 heavy (non-hydrogen) atoms. The van der Waals surface area contributed by atoms with Gasteiger partial charge in [-0.15, -0.1) is 0 Å². The van der Waals surface area contributed by atoms with Crippen molar-refractivity contribution in [1.29, 1.82) is 0 Å². The van der Waals surface area contributed by atoms with E-state index < -0.39 is 0 Å². The lowest BCUT2D eigenvalue weighted by atomic mass is 10.0. The van der Waals surface area contributed by atoms with Crippen molar-refractivity contribution in [3.8, 4) is 0 Å². The number of nitrogens with zero attached hydrogens (tertiary/aromatic N) is 2. The van der Waals surface area contributed by atoms with Crippen molar-refractivity contribution < 1.29 is 9.53 Å². The molecule has 1 radical (unpaired) electrons. The highest BCUT2D eigenvalue weighted by Gasteiger charge is 2.14. The molecule has 4 heteroatoms. The molecule has 0 saturated heterocycles. The van der Waals surface area contributed by atoms with Gasteiger partial charge in [-0.05, 0) is 30.2 Å². The minimum atomic E-state index is -0.314. The van der Waals surface area contributed by atoms with Gasteiger partial charge in [-0.2, -0.15) is 5.10 Å². The molecule has 1 aromatic heterocycles. The minimum absolute atomic E-state index is 0.183. The van der Waals surface area contributed by atoms with E-state index in [-0.39, 0.29) is 12.0 Å². The lowest BCUT2D eigenvalue weighted by Gasteiger charge is -2.17. The monoisotopic (exact) mass is 257 g/mol. The Morgan fingerprint density at radius 2 is 2.16 bits per heavy atom. The summed E-state index contributed by atoms with van der Waals surface area (Å²) < 4.78 is 6.59. The lowest BCUT2D eigenvalue weighted by Crippen LogP contribution is -2.11. The van der Waals surface area contributed by atoms with Crippen molar-refractivity contribution in [2.45, 2.75) is 25.8 Å². The maximum Gasteiger partial charge on any atom is 0.337 e. The Hall–Kier alpha value is -2.10. The number of ether oxygens (including phenoxy) is 1. The van der Waals surface area contributed by atoms with Crippen LogP contribution in [0.4, 0.5) is 0 Å². The topological polar surface area (TPSA) is 44.1 Å². The molecule has 0 bridgehead atoms. The first-order valence-corrected chi connectivity index (χ1v) is 6.35. The van der Waals surface area contributed by atoms with Crippen LogP contribution in [0.5, 0.6) is 0 Å². The van der Waals surface area contributed by atoms with Gasteiger partial charge < -0.3 is 4.74 Å². The van der Waals surface area contributed by atoms with E-state index >= 15 is 0 Å². The summed E-state index contributed by atoms with van der Waals surface area (Å²) in [7, 11) is 1.38. The molecule has 1 aromatic carbocycles. The van der Waals surface area contributed by atoms with Gasteiger partial charge in [0.2, 0.25) is 0 Å². The second-order valence-electron chi connectivity index (χ2n) is 4.34. The van der Waals surface area contributed by atoms with Crippen molar-refractivity contribution in [1.82, 2.24) is 9.78 Å². The molecule has 0 aliphatic rings. The number of rotatable bonds is 5. The van der Waals surface area contributed by atoms with Crippen molar-refractivity contribution >= 4 is 5.97 Å². The summed E-state index contributed by atoms with van der Waals surface area (Å²) in [6, 6.07) is 9.46. The van der Waals surface area contributed by atoms with Gasteiger partial charge >= 0.3 is 5.97 Å². The zero-order valence-corrected chi connectivity index (χ0v) is 11.2. The Kier molecular flexibility index (Phi) is 4.34. The average molecular weight is 257 g/mol. The van der Waals surface area contributed by atoms with Crippen molar-refractivity contribution in [3.63, 3.8) is 0 Å². The van der Waals surface area contributed by atoms with E-state index in [2.05, 4.69) is 18.2 Å². The van der Waals surface area contributed by atoms with Gasteiger partial charge in [0.15, 0.2) is 0 Å². The predicted molar refractivity (Wildman–Crippen MR) is 71.9 cm³/mol.